The maximum atomic E-state index is 12.9. The first kappa shape index (κ1) is 8.72. The summed E-state index contributed by atoms with van der Waals surface area (Å²) in [6.45, 7) is 5.78. The predicted molar refractivity (Wildman–Crippen MR) is 45.4 cm³/mol. The number of hydrogen-bond acceptors (Lipinski definition) is 1. The first-order valence-corrected chi connectivity index (χ1v) is 4.25. The van der Waals surface area contributed by atoms with Gasteiger partial charge in [0.15, 0.2) is 0 Å². The van der Waals surface area contributed by atoms with Crippen LogP contribution in [0.3, 0.4) is 0 Å². The summed E-state index contributed by atoms with van der Waals surface area (Å²) in [5, 5.41) is 0. The molecule has 11 heavy (non-hydrogen) atoms. The van der Waals surface area contributed by atoms with Crippen molar-refractivity contribution in [2.24, 2.45) is 0 Å². The maximum Gasteiger partial charge on any atom is 0.131 e. The second-order valence-corrected chi connectivity index (χ2v) is 3.32. The van der Waals surface area contributed by atoms with E-state index in [1.807, 2.05) is 6.08 Å². The van der Waals surface area contributed by atoms with Gasteiger partial charge < -0.3 is 0 Å². The Hall–Kier alpha value is -0.370. The minimum Gasteiger partial charge on any atom is -0.297 e. The Morgan fingerprint density at radius 1 is 1.55 bits per heavy atom. The van der Waals surface area contributed by atoms with Crippen LogP contribution >= 0.6 is 0 Å². The van der Waals surface area contributed by atoms with Crippen molar-refractivity contribution in [2.75, 3.05) is 13.1 Å². The molecule has 1 aliphatic rings. The number of halogens is 1. The molecule has 1 nitrogen and oxygen atoms in total. The lowest BCUT2D eigenvalue weighted by Gasteiger charge is -2.24. The lowest BCUT2D eigenvalue weighted by Crippen LogP contribution is -2.35. The highest BCUT2D eigenvalue weighted by Crippen LogP contribution is 2.09. The number of hydrogen-bond donors (Lipinski definition) is 0. The monoisotopic (exact) mass is 157 g/mol. The van der Waals surface area contributed by atoms with Crippen LogP contribution in [0.25, 0.3) is 0 Å². The molecule has 0 aromatic carbocycles. The lowest BCUT2D eigenvalue weighted by molar-refractivity contribution is 0.187. The third-order valence-corrected chi connectivity index (χ3v) is 2.07. The second kappa shape index (κ2) is 3.86. The Kier molecular flexibility index (Phi) is 3.06. The summed E-state index contributed by atoms with van der Waals surface area (Å²) in [6, 6.07) is 0.466. The fourth-order valence-corrected chi connectivity index (χ4v) is 1.33. The predicted octanol–water partition coefficient (Wildman–Crippen LogP) is 1.99. The average Bonchev–Trinajstić information content (AvgIpc) is 2.13. The number of alkyl halides is 1. The molecule has 1 unspecified atom stereocenters. The van der Waals surface area contributed by atoms with Crippen molar-refractivity contribution in [3.63, 3.8) is 0 Å². The van der Waals surface area contributed by atoms with E-state index in [0.29, 0.717) is 12.6 Å². The summed E-state index contributed by atoms with van der Waals surface area (Å²) in [6.07, 6.45) is 3.83. The zero-order valence-electron chi connectivity index (χ0n) is 7.26. The normalized spacial score (nSPS) is 27.5. The summed E-state index contributed by atoms with van der Waals surface area (Å²) in [5.41, 5.74) is 0. The van der Waals surface area contributed by atoms with E-state index in [1.165, 1.54) is 0 Å². The van der Waals surface area contributed by atoms with Crippen LogP contribution in [0.15, 0.2) is 12.2 Å². The van der Waals surface area contributed by atoms with Crippen LogP contribution in [0.1, 0.15) is 20.3 Å². The van der Waals surface area contributed by atoms with E-state index in [-0.39, 0.29) is 0 Å². The van der Waals surface area contributed by atoms with Gasteiger partial charge in [0.2, 0.25) is 0 Å². The van der Waals surface area contributed by atoms with E-state index in [4.69, 9.17) is 0 Å². The minimum atomic E-state index is -0.764. The fourth-order valence-electron chi connectivity index (χ4n) is 1.33. The maximum absolute atomic E-state index is 12.9. The van der Waals surface area contributed by atoms with Crippen LogP contribution in [0, 0.1) is 0 Å². The molecule has 0 spiro atoms. The molecule has 0 aromatic rings. The number of nitrogens with zero attached hydrogens (tertiary/aromatic N) is 1. The van der Waals surface area contributed by atoms with E-state index in [9.17, 15) is 4.39 Å². The van der Waals surface area contributed by atoms with Gasteiger partial charge in [0.05, 0.1) is 0 Å². The Balaban J connectivity index is 2.45. The summed E-state index contributed by atoms with van der Waals surface area (Å²) < 4.78 is 12.9. The zero-order valence-corrected chi connectivity index (χ0v) is 7.26. The average molecular weight is 157 g/mol. The van der Waals surface area contributed by atoms with Gasteiger partial charge in [-0.2, -0.15) is 0 Å². The quantitative estimate of drug-likeness (QED) is 0.526. The fraction of sp³-hybridized carbons (Fsp3) is 0.778. The van der Waals surface area contributed by atoms with Crippen molar-refractivity contribution in [1.29, 1.82) is 0 Å². The van der Waals surface area contributed by atoms with Crippen molar-refractivity contribution in [3.8, 4) is 0 Å². The molecular formula is C9H16FN. The van der Waals surface area contributed by atoms with E-state index in [2.05, 4.69) is 18.7 Å². The Bertz CT molecular complexity index is 142. The van der Waals surface area contributed by atoms with Crippen LogP contribution in [0.2, 0.25) is 0 Å². The standard InChI is InChI=1S/C9H16FN/c1-8(2)11-6-4-3-5-9(10)7-11/h3,5,8-9H,4,6-7H2,1-2H3. The van der Waals surface area contributed by atoms with Crippen LogP contribution < -0.4 is 0 Å². The smallest absolute Gasteiger partial charge is 0.131 e. The van der Waals surface area contributed by atoms with Crippen LogP contribution in [-0.2, 0) is 0 Å². The third-order valence-electron chi connectivity index (χ3n) is 2.07. The number of rotatable bonds is 1. The van der Waals surface area contributed by atoms with Gasteiger partial charge in [0, 0.05) is 19.1 Å². The highest BCUT2D eigenvalue weighted by Gasteiger charge is 2.15. The van der Waals surface area contributed by atoms with Crippen molar-refractivity contribution in [1.82, 2.24) is 4.90 Å². The Labute approximate surface area is 67.9 Å². The molecular weight excluding hydrogens is 141 g/mol. The van der Waals surface area contributed by atoms with Crippen LogP contribution in [-0.4, -0.2) is 30.2 Å². The molecule has 0 fully saturated rings. The van der Waals surface area contributed by atoms with Crippen molar-refractivity contribution in [3.05, 3.63) is 12.2 Å². The Morgan fingerprint density at radius 2 is 2.27 bits per heavy atom. The van der Waals surface area contributed by atoms with E-state index in [0.717, 1.165) is 13.0 Å². The summed E-state index contributed by atoms with van der Waals surface area (Å²) >= 11 is 0. The minimum absolute atomic E-state index is 0.466. The van der Waals surface area contributed by atoms with Gasteiger partial charge in [0.1, 0.15) is 6.17 Å². The largest absolute Gasteiger partial charge is 0.297 e. The molecule has 0 bridgehead atoms. The van der Waals surface area contributed by atoms with Gasteiger partial charge in [-0.3, -0.25) is 4.90 Å². The Morgan fingerprint density at radius 3 is 2.91 bits per heavy atom. The van der Waals surface area contributed by atoms with Crippen molar-refractivity contribution >= 4 is 0 Å². The molecule has 1 rings (SSSR count). The van der Waals surface area contributed by atoms with E-state index < -0.39 is 6.17 Å². The molecule has 0 aromatic heterocycles. The van der Waals surface area contributed by atoms with Gasteiger partial charge in [0.25, 0.3) is 0 Å². The van der Waals surface area contributed by atoms with Gasteiger partial charge in [-0.25, -0.2) is 4.39 Å². The van der Waals surface area contributed by atoms with Crippen molar-refractivity contribution < 1.29 is 4.39 Å². The summed E-state index contributed by atoms with van der Waals surface area (Å²) in [7, 11) is 0. The summed E-state index contributed by atoms with van der Waals surface area (Å²) in [4.78, 5) is 2.17. The molecule has 1 atom stereocenters. The van der Waals surface area contributed by atoms with Gasteiger partial charge in [-0.05, 0) is 20.3 Å². The highest BCUT2D eigenvalue weighted by molar-refractivity contribution is 4.94. The molecule has 64 valence electrons. The SMILES string of the molecule is CC(C)N1CCC=CC(F)C1. The molecule has 0 saturated heterocycles. The molecule has 0 saturated carbocycles. The first-order chi connectivity index (χ1) is 5.20. The van der Waals surface area contributed by atoms with E-state index in [1.54, 1.807) is 6.08 Å². The molecule has 2 heteroatoms. The van der Waals surface area contributed by atoms with Gasteiger partial charge in [-0.1, -0.05) is 12.2 Å². The van der Waals surface area contributed by atoms with Crippen LogP contribution in [0.4, 0.5) is 4.39 Å². The molecule has 0 radical (unpaired) electrons. The van der Waals surface area contributed by atoms with Crippen molar-refractivity contribution in [2.45, 2.75) is 32.5 Å². The highest BCUT2D eigenvalue weighted by atomic mass is 19.1. The van der Waals surface area contributed by atoms with Gasteiger partial charge >= 0.3 is 0 Å². The van der Waals surface area contributed by atoms with Crippen LogP contribution in [0.5, 0.6) is 0 Å². The first-order valence-electron chi connectivity index (χ1n) is 4.25. The molecule has 0 aliphatic carbocycles. The lowest BCUT2D eigenvalue weighted by atomic mass is 10.3. The molecule has 1 aliphatic heterocycles. The van der Waals surface area contributed by atoms with E-state index >= 15 is 0 Å². The topological polar surface area (TPSA) is 3.24 Å². The zero-order chi connectivity index (χ0) is 8.27. The molecule has 0 amide bonds. The van der Waals surface area contributed by atoms with Gasteiger partial charge in [-0.15, -0.1) is 0 Å². The molecule has 1 heterocycles. The third kappa shape index (κ3) is 2.62. The second-order valence-electron chi connectivity index (χ2n) is 3.32. The molecule has 0 N–H and O–H groups in total. The summed E-state index contributed by atoms with van der Waals surface area (Å²) in [5.74, 6) is 0.